The number of aliphatic hydroxyl groups is 1. The third-order valence-electron chi connectivity index (χ3n) is 3.20. The fourth-order valence-electron chi connectivity index (χ4n) is 2.28. The SMILES string of the molecule is CCCS(=O)(=O)CCn1cc(CO)c2ccccc21. The summed E-state index contributed by atoms with van der Waals surface area (Å²) < 4.78 is 25.4. The Balaban J connectivity index is 2.26. The maximum Gasteiger partial charge on any atom is 0.152 e. The smallest absolute Gasteiger partial charge is 0.152 e. The van der Waals surface area contributed by atoms with Crippen molar-refractivity contribution in [3.05, 3.63) is 36.0 Å². The molecule has 0 fully saturated rings. The molecule has 104 valence electrons. The van der Waals surface area contributed by atoms with E-state index in [1.54, 1.807) is 0 Å². The molecule has 1 heterocycles. The van der Waals surface area contributed by atoms with E-state index in [9.17, 15) is 13.5 Å². The second-order valence-corrected chi connectivity index (χ2v) is 6.98. The van der Waals surface area contributed by atoms with Crippen molar-refractivity contribution in [2.75, 3.05) is 11.5 Å². The van der Waals surface area contributed by atoms with Crippen LogP contribution >= 0.6 is 0 Å². The summed E-state index contributed by atoms with van der Waals surface area (Å²) in [5.74, 6) is 0.378. The standard InChI is InChI=1S/C14H19NO3S/c1-2-8-19(17,18)9-7-15-10-12(11-16)13-5-3-4-6-14(13)15/h3-6,10,16H,2,7-9,11H2,1H3. The highest BCUT2D eigenvalue weighted by Gasteiger charge is 2.12. The lowest BCUT2D eigenvalue weighted by Gasteiger charge is -2.06. The van der Waals surface area contributed by atoms with Crippen molar-refractivity contribution in [3.8, 4) is 0 Å². The number of benzene rings is 1. The Labute approximate surface area is 113 Å². The zero-order valence-corrected chi connectivity index (χ0v) is 11.9. The summed E-state index contributed by atoms with van der Waals surface area (Å²) >= 11 is 0. The largest absolute Gasteiger partial charge is 0.392 e. The Morgan fingerprint density at radius 2 is 1.95 bits per heavy atom. The van der Waals surface area contributed by atoms with E-state index < -0.39 is 9.84 Å². The lowest BCUT2D eigenvalue weighted by molar-refractivity contribution is 0.283. The van der Waals surface area contributed by atoms with Gasteiger partial charge < -0.3 is 9.67 Å². The normalized spacial score (nSPS) is 12.1. The van der Waals surface area contributed by atoms with Gasteiger partial charge >= 0.3 is 0 Å². The molecule has 0 unspecified atom stereocenters. The van der Waals surface area contributed by atoms with Gasteiger partial charge in [-0.2, -0.15) is 0 Å². The summed E-state index contributed by atoms with van der Waals surface area (Å²) in [7, 11) is -2.98. The summed E-state index contributed by atoms with van der Waals surface area (Å²) in [6, 6.07) is 7.72. The van der Waals surface area contributed by atoms with Crippen molar-refractivity contribution in [1.29, 1.82) is 0 Å². The zero-order chi connectivity index (χ0) is 13.9. The zero-order valence-electron chi connectivity index (χ0n) is 11.0. The van der Waals surface area contributed by atoms with Crippen LogP contribution in [0.1, 0.15) is 18.9 Å². The molecule has 0 aliphatic carbocycles. The van der Waals surface area contributed by atoms with Gasteiger partial charge in [-0.1, -0.05) is 25.1 Å². The number of hydrogen-bond acceptors (Lipinski definition) is 3. The Hall–Kier alpha value is -1.33. The molecule has 0 saturated carbocycles. The maximum atomic E-state index is 11.8. The van der Waals surface area contributed by atoms with E-state index >= 15 is 0 Å². The summed E-state index contributed by atoms with van der Waals surface area (Å²) in [5, 5.41) is 10.3. The summed E-state index contributed by atoms with van der Waals surface area (Å²) in [6.07, 6.45) is 2.49. The molecule has 2 aromatic rings. The van der Waals surface area contributed by atoms with Crippen molar-refractivity contribution >= 4 is 20.7 Å². The first kappa shape index (κ1) is 14.1. The van der Waals surface area contributed by atoms with Crippen LogP contribution in [0.2, 0.25) is 0 Å². The van der Waals surface area contributed by atoms with Crippen LogP contribution in [0.25, 0.3) is 10.9 Å². The van der Waals surface area contributed by atoms with Gasteiger partial charge in [0.05, 0.1) is 12.4 Å². The molecule has 1 N–H and O–H groups in total. The molecule has 0 spiro atoms. The Kier molecular flexibility index (Phi) is 4.27. The van der Waals surface area contributed by atoms with E-state index in [2.05, 4.69) is 0 Å². The lowest BCUT2D eigenvalue weighted by atomic mass is 10.2. The van der Waals surface area contributed by atoms with E-state index in [4.69, 9.17) is 0 Å². The number of aromatic nitrogens is 1. The van der Waals surface area contributed by atoms with Crippen LogP contribution < -0.4 is 0 Å². The van der Waals surface area contributed by atoms with E-state index in [1.165, 1.54) is 0 Å². The topological polar surface area (TPSA) is 59.3 Å². The van der Waals surface area contributed by atoms with Crippen molar-refractivity contribution < 1.29 is 13.5 Å². The Morgan fingerprint density at radius 3 is 2.63 bits per heavy atom. The Bertz CT molecular complexity index is 658. The van der Waals surface area contributed by atoms with Crippen LogP contribution in [0.4, 0.5) is 0 Å². The Morgan fingerprint density at radius 1 is 1.21 bits per heavy atom. The number of sulfone groups is 1. The number of fused-ring (bicyclic) bond motifs is 1. The van der Waals surface area contributed by atoms with E-state index in [-0.39, 0.29) is 18.1 Å². The fourth-order valence-corrected chi connectivity index (χ4v) is 3.59. The molecule has 0 aliphatic heterocycles. The van der Waals surface area contributed by atoms with Gasteiger partial charge in [0, 0.05) is 35.0 Å². The van der Waals surface area contributed by atoms with Gasteiger partial charge in [-0.05, 0) is 12.5 Å². The molecule has 0 radical (unpaired) electrons. The minimum Gasteiger partial charge on any atom is -0.392 e. The number of para-hydroxylation sites is 1. The van der Waals surface area contributed by atoms with E-state index in [0.29, 0.717) is 13.0 Å². The average molecular weight is 281 g/mol. The highest BCUT2D eigenvalue weighted by atomic mass is 32.2. The van der Waals surface area contributed by atoms with Crippen molar-refractivity contribution in [3.63, 3.8) is 0 Å². The minimum absolute atomic E-state index is 0.0325. The van der Waals surface area contributed by atoms with Crippen LogP contribution in [-0.2, 0) is 23.0 Å². The van der Waals surface area contributed by atoms with Crippen LogP contribution in [0, 0.1) is 0 Å². The van der Waals surface area contributed by atoms with Crippen molar-refractivity contribution in [2.45, 2.75) is 26.5 Å². The molecule has 5 heteroatoms. The molecule has 0 amide bonds. The van der Waals surface area contributed by atoms with Gasteiger partial charge in [0.2, 0.25) is 0 Å². The first-order valence-electron chi connectivity index (χ1n) is 6.45. The number of rotatable bonds is 6. The van der Waals surface area contributed by atoms with Crippen LogP contribution in [0.15, 0.2) is 30.5 Å². The predicted octanol–water partition coefficient (Wildman–Crippen LogP) is 1.96. The molecule has 0 saturated heterocycles. The van der Waals surface area contributed by atoms with Crippen molar-refractivity contribution in [1.82, 2.24) is 4.57 Å². The van der Waals surface area contributed by atoms with Gasteiger partial charge in [-0.3, -0.25) is 0 Å². The average Bonchev–Trinajstić information content (AvgIpc) is 2.75. The second kappa shape index (κ2) is 5.75. The molecule has 19 heavy (non-hydrogen) atoms. The molecule has 1 aromatic heterocycles. The van der Waals surface area contributed by atoms with Gasteiger partial charge in [0.25, 0.3) is 0 Å². The summed E-state index contributed by atoms with van der Waals surface area (Å²) in [5.41, 5.74) is 1.81. The number of hydrogen-bond donors (Lipinski definition) is 1. The lowest BCUT2D eigenvalue weighted by Crippen LogP contribution is -2.15. The fraction of sp³-hybridized carbons (Fsp3) is 0.429. The van der Waals surface area contributed by atoms with Crippen LogP contribution in [-0.4, -0.2) is 29.6 Å². The first-order chi connectivity index (χ1) is 9.07. The first-order valence-corrected chi connectivity index (χ1v) is 8.27. The maximum absolute atomic E-state index is 11.8. The minimum atomic E-state index is -2.98. The number of aliphatic hydroxyl groups excluding tert-OH is 1. The van der Waals surface area contributed by atoms with Crippen LogP contribution in [0.3, 0.4) is 0 Å². The highest BCUT2D eigenvalue weighted by Crippen LogP contribution is 2.21. The van der Waals surface area contributed by atoms with E-state index in [0.717, 1.165) is 16.5 Å². The molecule has 0 aliphatic rings. The highest BCUT2D eigenvalue weighted by molar-refractivity contribution is 7.91. The molecular formula is C14H19NO3S. The molecule has 4 nitrogen and oxygen atoms in total. The quantitative estimate of drug-likeness (QED) is 0.880. The molecular weight excluding hydrogens is 262 g/mol. The molecule has 0 atom stereocenters. The monoisotopic (exact) mass is 281 g/mol. The third kappa shape index (κ3) is 3.16. The number of aryl methyl sites for hydroxylation is 1. The van der Waals surface area contributed by atoms with Crippen LogP contribution in [0.5, 0.6) is 0 Å². The summed E-state index contributed by atoms with van der Waals surface area (Å²) in [4.78, 5) is 0. The van der Waals surface area contributed by atoms with E-state index in [1.807, 2.05) is 42.0 Å². The van der Waals surface area contributed by atoms with Gasteiger partial charge in [-0.25, -0.2) is 8.42 Å². The van der Waals surface area contributed by atoms with Gasteiger partial charge in [0.15, 0.2) is 9.84 Å². The number of nitrogens with zero attached hydrogens (tertiary/aromatic N) is 1. The third-order valence-corrected chi connectivity index (χ3v) is 5.03. The predicted molar refractivity (Wildman–Crippen MR) is 76.8 cm³/mol. The van der Waals surface area contributed by atoms with Gasteiger partial charge in [-0.15, -0.1) is 0 Å². The molecule has 1 aromatic carbocycles. The summed E-state index contributed by atoms with van der Waals surface area (Å²) in [6.45, 7) is 2.27. The van der Waals surface area contributed by atoms with Gasteiger partial charge in [0.1, 0.15) is 0 Å². The second-order valence-electron chi connectivity index (χ2n) is 4.67. The molecule has 2 rings (SSSR count). The van der Waals surface area contributed by atoms with Crippen molar-refractivity contribution in [2.24, 2.45) is 0 Å². The molecule has 0 bridgehead atoms.